The summed E-state index contributed by atoms with van der Waals surface area (Å²) in [6.45, 7) is 2.11. The van der Waals surface area contributed by atoms with Crippen molar-refractivity contribution in [1.82, 2.24) is 0 Å². The number of nitrogens with two attached hydrogens (primary N) is 1. The third-order valence-electron chi connectivity index (χ3n) is 2.85. The van der Waals surface area contributed by atoms with Gasteiger partial charge in [-0.05, 0) is 46.6 Å². The zero-order chi connectivity index (χ0) is 14.0. The quantitative estimate of drug-likeness (QED) is 0.734. The molecule has 1 atom stereocenters. The molecule has 2 N–H and O–H groups in total. The fourth-order valence-corrected chi connectivity index (χ4v) is 4.29. The maximum atomic E-state index is 13.2. The van der Waals surface area contributed by atoms with Gasteiger partial charge in [0.1, 0.15) is 5.82 Å². The lowest BCUT2D eigenvalue weighted by atomic mass is 10.1. The van der Waals surface area contributed by atoms with E-state index >= 15 is 0 Å². The van der Waals surface area contributed by atoms with Crippen LogP contribution >= 0.6 is 38.9 Å². The molecular weight excluding hydrogens is 349 g/mol. The smallest absolute Gasteiger partial charge is 0.125 e. The van der Waals surface area contributed by atoms with Crippen molar-refractivity contribution < 1.29 is 4.39 Å². The van der Waals surface area contributed by atoms with Crippen LogP contribution in [0.1, 0.15) is 30.7 Å². The lowest BCUT2D eigenvalue weighted by Gasteiger charge is -2.07. The molecule has 0 saturated carbocycles. The first kappa shape index (κ1) is 15.0. The molecule has 0 spiro atoms. The van der Waals surface area contributed by atoms with E-state index in [1.807, 2.05) is 12.1 Å². The lowest BCUT2D eigenvalue weighted by Crippen LogP contribution is -2.07. The van der Waals surface area contributed by atoms with Gasteiger partial charge < -0.3 is 5.73 Å². The normalized spacial score (nSPS) is 12.7. The average molecular weight is 363 g/mol. The first-order valence-corrected chi connectivity index (χ1v) is 8.02. The average Bonchev–Trinajstić information content (AvgIpc) is 2.77. The minimum atomic E-state index is -0.347. The molecule has 0 saturated heterocycles. The molecule has 19 heavy (non-hydrogen) atoms. The van der Waals surface area contributed by atoms with Crippen LogP contribution in [0.15, 0.2) is 28.7 Å². The maximum absolute atomic E-state index is 13.2. The summed E-state index contributed by atoms with van der Waals surface area (Å²) in [5.41, 5.74) is 6.93. The summed E-state index contributed by atoms with van der Waals surface area (Å²) in [6, 6.07) is 6.81. The Morgan fingerprint density at radius 1 is 1.42 bits per heavy atom. The first-order chi connectivity index (χ1) is 9.02. The molecule has 0 aliphatic carbocycles. The van der Waals surface area contributed by atoms with Crippen LogP contribution < -0.4 is 5.73 Å². The van der Waals surface area contributed by atoms with Gasteiger partial charge in [-0.2, -0.15) is 0 Å². The molecule has 1 aromatic carbocycles. The van der Waals surface area contributed by atoms with E-state index < -0.39 is 0 Å². The molecule has 1 heterocycles. The molecule has 5 heteroatoms. The number of benzene rings is 1. The zero-order valence-electron chi connectivity index (χ0n) is 10.4. The van der Waals surface area contributed by atoms with Gasteiger partial charge >= 0.3 is 0 Å². The highest BCUT2D eigenvalue weighted by Crippen LogP contribution is 2.40. The topological polar surface area (TPSA) is 26.0 Å². The van der Waals surface area contributed by atoms with Gasteiger partial charge in [-0.3, -0.25) is 0 Å². The largest absolute Gasteiger partial charge is 0.323 e. The van der Waals surface area contributed by atoms with Crippen LogP contribution in [0.25, 0.3) is 10.4 Å². The third kappa shape index (κ3) is 3.37. The Kier molecular flexibility index (Phi) is 5.01. The SMILES string of the molecule is CCCC(N)c1ccc(-c2c(Cl)cc(F)cc2Br)s1. The molecule has 0 radical (unpaired) electrons. The maximum Gasteiger partial charge on any atom is 0.125 e. The van der Waals surface area contributed by atoms with Crippen molar-refractivity contribution >= 4 is 38.9 Å². The zero-order valence-corrected chi connectivity index (χ0v) is 13.6. The minimum absolute atomic E-state index is 0.0572. The summed E-state index contributed by atoms with van der Waals surface area (Å²) >= 11 is 11.1. The molecule has 2 aromatic rings. The number of rotatable bonds is 4. The van der Waals surface area contributed by atoms with E-state index in [0.717, 1.165) is 28.2 Å². The lowest BCUT2D eigenvalue weighted by molar-refractivity contribution is 0.627. The van der Waals surface area contributed by atoms with E-state index in [4.69, 9.17) is 17.3 Å². The molecule has 2 rings (SSSR count). The summed E-state index contributed by atoms with van der Waals surface area (Å²) in [5.74, 6) is -0.347. The second-order valence-corrected chi connectivity index (χ2v) is 6.72. The minimum Gasteiger partial charge on any atom is -0.323 e. The number of halogens is 3. The van der Waals surface area contributed by atoms with Crippen molar-refractivity contribution in [2.75, 3.05) is 0 Å². The Balaban J connectivity index is 2.38. The van der Waals surface area contributed by atoms with Gasteiger partial charge in [0.05, 0.1) is 5.02 Å². The summed E-state index contributed by atoms with van der Waals surface area (Å²) in [6.07, 6.45) is 2.01. The summed E-state index contributed by atoms with van der Waals surface area (Å²) in [7, 11) is 0. The standard InChI is InChI=1S/C14H14BrClFNS/c1-2-3-11(18)12-4-5-13(19-12)14-9(15)6-8(17)7-10(14)16/h4-7,11H,2-3,18H2,1H3. The molecule has 0 fully saturated rings. The van der Waals surface area contributed by atoms with Crippen molar-refractivity contribution in [1.29, 1.82) is 0 Å². The molecule has 1 unspecified atom stereocenters. The van der Waals surface area contributed by atoms with E-state index in [9.17, 15) is 4.39 Å². The number of hydrogen-bond acceptors (Lipinski definition) is 2. The van der Waals surface area contributed by atoms with Gasteiger partial charge in [-0.15, -0.1) is 11.3 Å². The molecule has 0 aliphatic heterocycles. The van der Waals surface area contributed by atoms with Gasteiger partial charge in [-0.1, -0.05) is 24.9 Å². The fourth-order valence-electron chi connectivity index (χ4n) is 1.92. The van der Waals surface area contributed by atoms with E-state index in [1.54, 1.807) is 11.3 Å². The van der Waals surface area contributed by atoms with Crippen LogP contribution in [0.4, 0.5) is 4.39 Å². The van der Waals surface area contributed by atoms with E-state index in [0.29, 0.717) is 9.50 Å². The number of thiophene rings is 1. The number of hydrogen-bond donors (Lipinski definition) is 1. The van der Waals surface area contributed by atoms with E-state index in [2.05, 4.69) is 22.9 Å². The summed E-state index contributed by atoms with van der Waals surface area (Å²) < 4.78 is 13.9. The molecular formula is C14H14BrClFNS. The summed E-state index contributed by atoms with van der Waals surface area (Å²) in [5, 5.41) is 0.407. The predicted molar refractivity (Wildman–Crippen MR) is 84.3 cm³/mol. The van der Waals surface area contributed by atoms with Crippen molar-refractivity contribution in [2.24, 2.45) is 5.73 Å². The molecule has 0 bridgehead atoms. The molecule has 102 valence electrons. The predicted octanol–water partition coefficient (Wildman–Crippen LogP) is 5.77. The van der Waals surface area contributed by atoms with Gasteiger partial charge in [0.15, 0.2) is 0 Å². The van der Waals surface area contributed by atoms with Gasteiger partial charge in [0, 0.05) is 25.8 Å². The van der Waals surface area contributed by atoms with Crippen LogP contribution in [0.3, 0.4) is 0 Å². The van der Waals surface area contributed by atoms with Crippen LogP contribution in [0, 0.1) is 5.82 Å². The fraction of sp³-hybridized carbons (Fsp3) is 0.286. The van der Waals surface area contributed by atoms with Crippen LogP contribution in [0.2, 0.25) is 5.02 Å². The van der Waals surface area contributed by atoms with Crippen LogP contribution in [-0.4, -0.2) is 0 Å². The molecule has 1 aromatic heterocycles. The van der Waals surface area contributed by atoms with Crippen molar-refractivity contribution in [3.63, 3.8) is 0 Å². The van der Waals surface area contributed by atoms with Crippen LogP contribution in [-0.2, 0) is 0 Å². The van der Waals surface area contributed by atoms with Crippen molar-refractivity contribution in [3.8, 4) is 10.4 Å². The Bertz CT molecular complexity index is 562. The van der Waals surface area contributed by atoms with Crippen LogP contribution in [0.5, 0.6) is 0 Å². The molecule has 0 aliphatic rings. The Labute approximate surface area is 129 Å². The second kappa shape index (κ2) is 6.35. The van der Waals surface area contributed by atoms with E-state index in [-0.39, 0.29) is 11.9 Å². The molecule has 1 nitrogen and oxygen atoms in total. The van der Waals surface area contributed by atoms with Crippen molar-refractivity contribution in [3.05, 3.63) is 44.5 Å². The first-order valence-electron chi connectivity index (χ1n) is 6.03. The van der Waals surface area contributed by atoms with Gasteiger partial charge in [0.25, 0.3) is 0 Å². The van der Waals surface area contributed by atoms with Crippen molar-refractivity contribution in [2.45, 2.75) is 25.8 Å². The van der Waals surface area contributed by atoms with Gasteiger partial charge in [-0.25, -0.2) is 4.39 Å². The highest BCUT2D eigenvalue weighted by atomic mass is 79.9. The highest BCUT2D eigenvalue weighted by Gasteiger charge is 2.14. The highest BCUT2D eigenvalue weighted by molar-refractivity contribution is 9.10. The Hall–Kier alpha value is -0.420. The Morgan fingerprint density at radius 3 is 2.79 bits per heavy atom. The summed E-state index contributed by atoms with van der Waals surface area (Å²) in [4.78, 5) is 2.13. The third-order valence-corrected chi connectivity index (χ3v) is 5.00. The Morgan fingerprint density at radius 2 is 2.16 bits per heavy atom. The monoisotopic (exact) mass is 361 g/mol. The van der Waals surface area contributed by atoms with Gasteiger partial charge in [0.2, 0.25) is 0 Å². The van der Waals surface area contributed by atoms with E-state index in [1.165, 1.54) is 12.1 Å². The molecule has 0 amide bonds. The second-order valence-electron chi connectivity index (χ2n) is 4.34.